The monoisotopic (exact) mass is 1050 g/mol. The second kappa shape index (κ2) is 22.7. The maximum Gasteiger partial charge on any atom is 0.191 e. The van der Waals surface area contributed by atoms with E-state index in [1.165, 1.54) is 11.1 Å². The van der Waals surface area contributed by atoms with Gasteiger partial charge >= 0.3 is 0 Å². The van der Waals surface area contributed by atoms with E-state index in [4.69, 9.17) is 33.9 Å². The van der Waals surface area contributed by atoms with Crippen molar-refractivity contribution >= 4 is 46.3 Å². The molecule has 0 heterocycles. The topological polar surface area (TPSA) is 99.4 Å². The molecule has 0 amide bonds. The zero-order valence-corrected chi connectivity index (χ0v) is 50.9. The first-order chi connectivity index (χ1) is 33.2. The van der Waals surface area contributed by atoms with Gasteiger partial charge in [0.25, 0.3) is 0 Å². The third-order valence-corrected chi connectivity index (χ3v) is 15.4. The van der Waals surface area contributed by atoms with Gasteiger partial charge in [-0.05, 0) is 187 Å². The molecule has 0 bridgehead atoms. The number of aromatic hydroxyl groups is 4. The lowest BCUT2D eigenvalue weighted by Gasteiger charge is -2.28. The maximum absolute atomic E-state index is 11.0. The average Bonchev–Trinajstić information content (AvgIpc) is 3.24. The van der Waals surface area contributed by atoms with Crippen LogP contribution in [0.1, 0.15) is 214 Å². The molecule has 6 nitrogen and oxygen atoms in total. The number of phenols is 4. The Kier molecular flexibility index (Phi) is 19.0. The predicted octanol–water partition coefficient (Wildman–Crippen LogP) is 17.4. The van der Waals surface area contributed by atoms with Gasteiger partial charge in [0.2, 0.25) is 0 Å². The first-order valence-corrected chi connectivity index (χ1v) is 27.5. The van der Waals surface area contributed by atoms with Gasteiger partial charge in [0.1, 0.15) is 36.2 Å². The van der Waals surface area contributed by atoms with Gasteiger partial charge in [0, 0.05) is 22.6 Å². The minimum atomic E-state index is -0.156. The molecule has 5 aromatic rings. The van der Waals surface area contributed by atoms with Gasteiger partial charge in [-0.25, -0.2) is 0 Å². The van der Waals surface area contributed by atoms with Gasteiger partial charge < -0.3 is 29.9 Å². The lowest BCUT2D eigenvalue weighted by atomic mass is 9.78. The van der Waals surface area contributed by atoms with Crippen LogP contribution in [0.3, 0.4) is 0 Å². The van der Waals surface area contributed by atoms with Crippen LogP contribution in [0.5, 0.6) is 23.0 Å². The Labute approximate surface area is 455 Å². The summed E-state index contributed by atoms with van der Waals surface area (Å²) in [5.41, 5.74) is 14.8. The molecule has 5 aromatic carbocycles. The van der Waals surface area contributed by atoms with Crippen LogP contribution in [0, 0.1) is 27.7 Å². The van der Waals surface area contributed by atoms with Gasteiger partial charge in [-0.1, -0.05) is 161 Å². The van der Waals surface area contributed by atoms with Crippen molar-refractivity contribution in [2.24, 2.45) is 0 Å². The molecule has 0 aliphatic heterocycles. The number of phenolic OH excluding ortho intramolecular Hbond substituents is 4. The summed E-state index contributed by atoms with van der Waals surface area (Å²) in [6.07, 6.45) is 0. The summed E-state index contributed by atoms with van der Waals surface area (Å²) in [5, 5.41) is 44.3. The number of hydrogen-bond acceptors (Lipinski definition) is 9. The fourth-order valence-electron chi connectivity index (χ4n) is 8.93. The normalized spacial score (nSPS) is 12.6. The van der Waals surface area contributed by atoms with E-state index in [0.717, 1.165) is 89.4 Å². The summed E-state index contributed by atoms with van der Waals surface area (Å²) in [6, 6.07) is 20.2. The lowest BCUT2D eigenvalue weighted by Crippen LogP contribution is -2.18. The van der Waals surface area contributed by atoms with Crippen LogP contribution in [-0.4, -0.2) is 30.5 Å². The highest BCUT2D eigenvalue weighted by atomic mass is 32.2. The Balaban J connectivity index is 0.000000323. The number of thiocarbonyl (C=S) groups is 2. The van der Waals surface area contributed by atoms with Crippen molar-refractivity contribution in [1.29, 1.82) is 0 Å². The maximum atomic E-state index is 11.0. The molecule has 398 valence electrons. The molecule has 0 radical (unpaired) electrons. The van der Waals surface area contributed by atoms with Crippen LogP contribution >= 0.6 is 36.2 Å². The molecule has 73 heavy (non-hydrogen) atoms. The molecule has 4 N–H and O–H groups in total. The van der Waals surface area contributed by atoms with Gasteiger partial charge in [-0.15, -0.1) is 0 Å². The number of benzene rings is 5. The summed E-state index contributed by atoms with van der Waals surface area (Å²) in [6.45, 7) is 46.8. The minimum Gasteiger partial charge on any atom is -0.507 e. The zero-order valence-electron chi connectivity index (χ0n) is 48.4. The van der Waals surface area contributed by atoms with Crippen LogP contribution in [-0.2, 0) is 66.7 Å². The Bertz CT molecular complexity index is 2550. The quantitative estimate of drug-likeness (QED) is 0.102. The molecular formula is C64H88O6S3. The molecule has 0 aromatic heterocycles. The number of aryl methyl sites for hydroxylation is 2. The minimum absolute atomic E-state index is 0.120. The van der Waals surface area contributed by atoms with E-state index >= 15 is 0 Å². The summed E-state index contributed by atoms with van der Waals surface area (Å²) < 4.78 is 11.9. The molecule has 0 saturated heterocycles. The third kappa shape index (κ3) is 15.3. The van der Waals surface area contributed by atoms with Gasteiger partial charge in [0.15, 0.2) is 10.1 Å². The zero-order chi connectivity index (χ0) is 55.7. The molecule has 0 fully saturated rings. The van der Waals surface area contributed by atoms with Crippen LogP contribution in [0.25, 0.3) is 0 Å². The van der Waals surface area contributed by atoms with Crippen molar-refractivity contribution in [3.8, 4) is 23.0 Å². The van der Waals surface area contributed by atoms with Crippen molar-refractivity contribution in [3.63, 3.8) is 0 Å². The van der Waals surface area contributed by atoms with Crippen molar-refractivity contribution in [3.05, 3.63) is 150 Å². The molecular weight excluding hydrogens is 961 g/mol. The van der Waals surface area contributed by atoms with Crippen molar-refractivity contribution in [1.82, 2.24) is 0 Å². The number of rotatable bonds is 10. The predicted molar refractivity (Wildman–Crippen MR) is 318 cm³/mol. The van der Waals surface area contributed by atoms with E-state index < -0.39 is 0 Å². The second-order valence-corrected chi connectivity index (χ2v) is 27.9. The standard InChI is InChI=1S/C34H42O4S2.C30H46O2S/c1-19-15-27(33(5,6)7)29(35)21(3)25(19)17-37-31(39)23-11-13-24(14-12-23)32(40)38-18-26-20(2)16-28(34(8,9)10)30(36)22(26)4;1-27(2,3)21-13-19(14-22(25(21)31)28(4,5)6)17-33-18-20-15-23(29(7,8)9)26(32)24(16-20)30(10,11)12/h11-16,35-36H,17-18H2,1-10H3;13-16,31-32H,17-18H2,1-12H3. The van der Waals surface area contributed by atoms with E-state index in [0.29, 0.717) is 33.1 Å². The van der Waals surface area contributed by atoms with Crippen molar-refractivity contribution in [2.45, 2.75) is 210 Å². The van der Waals surface area contributed by atoms with E-state index in [2.05, 4.69) is 149 Å². The lowest BCUT2D eigenvalue weighted by molar-refractivity contribution is 0.298. The van der Waals surface area contributed by atoms with Gasteiger partial charge in [-0.2, -0.15) is 11.8 Å². The van der Waals surface area contributed by atoms with Crippen LogP contribution in [0.15, 0.2) is 60.7 Å². The number of ether oxygens (including phenoxy) is 2. The van der Waals surface area contributed by atoms with E-state index in [1.54, 1.807) is 0 Å². The Hall–Kier alpha value is -4.57. The Morgan fingerprint density at radius 3 is 0.863 bits per heavy atom. The largest absolute Gasteiger partial charge is 0.507 e. The van der Waals surface area contributed by atoms with E-state index in [9.17, 15) is 20.4 Å². The summed E-state index contributed by atoms with van der Waals surface area (Å²) in [7, 11) is 0. The average molecular weight is 1050 g/mol. The van der Waals surface area contributed by atoms with Crippen molar-refractivity contribution in [2.75, 3.05) is 0 Å². The highest BCUT2D eigenvalue weighted by Crippen LogP contribution is 2.44. The smallest absolute Gasteiger partial charge is 0.191 e. The van der Waals surface area contributed by atoms with Gasteiger partial charge in [-0.3, -0.25) is 0 Å². The molecule has 0 atom stereocenters. The Morgan fingerprint density at radius 2 is 0.630 bits per heavy atom. The molecule has 0 aliphatic rings. The first-order valence-electron chi connectivity index (χ1n) is 25.6. The highest BCUT2D eigenvalue weighted by Gasteiger charge is 2.29. The molecule has 0 aliphatic carbocycles. The van der Waals surface area contributed by atoms with E-state index in [1.807, 2.05) is 75.9 Å². The number of thioether (sulfide) groups is 1. The molecule has 0 spiro atoms. The third-order valence-electron chi connectivity index (χ3n) is 13.6. The molecule has 0 saturated carbocycles. The SMILES string of the molecule is CC(C)(C)c1cc(CSCc2cc(C(C)(C)C)c(O)c(C(C)(C)C)c2)cc(C(C)(C)C)c1O.Cc1cc(C(C)(C)C)c(O)c(C)c1COC(=S)c1ccc(C(=S)OCc2c(C)cc(C(C)(C)C)c(O)c2C)cc1. The first kappa shape index (κ1) is 61.0. The van der Waals surface area contributed by atoms with Crippen LogP contribution in [0.4, 0.5) is 0 Å². The molecule has 0 unspecified atom stereocenters. The fraction of sp³-hybridized carbons (Fsp3) is 0.500. The number of hydrogen-bond donors (Lipinski definition) is 4. The molecule has 5 rings (SSSR count). The summed E-state index contributed by atoms with van der Waals surface area (Å²) in [5.74, 6) is 3.25. The van der Waals surface area contributed by atoms with E-state index in [-0.39, 0.29) is 45.7 Å². The van der Waals surface area contributed by atoms with Crippen LogP contribution in [0.2, 0.25) is 0 Å². The highest BCUT2D eigenvalue weighted by molar-refractivity contribution is 7.97. The van der Waals surface area contributed by atoms with Gasteiger partial charge in [0.05, 0.1) is 0 Å². The summed E-state index contributed by atoms with van der Waals surface area (Å²) >= 11 is 13.0. The fourth-order valence-corrected chi connectivity index (χ4v) is 10.2. The summed E-state index contributed by atoms with van der Waals surface area (Å²) in [4.78, 5) is 0. The van der Waals surface area contributed by atoms with Crippen LogP contribution < -0.4 is 0 Å². The molecule has 9 heteroatoms. The Morgan fingerprint density at radius 1 is 0.397 bits per heavy atom. The second-order valence-electron chi connectivity index (χ2n) is 26.2. The van der Waals surface area contributed by atoms with Crippen molar-refractivity contribution < 1.29 is 29.9 Å².